The van der Waals surface area contributed by atoms with Crippen LogP contribution in [-0.2, 0) is 4.74 Å². The lowest BCUT2D eigenvalue weighted by Crippen LogP contribution is -2.44. The van der Waals surface area contributed by atoms with E-state index in [1.54, 1.807) is 29.7 Å². The number of hydroxylamine groups is 1. The average molecular weight is 399 g/mol. The van der Waals surface area contributed by atoms with Gasteiger partial charge in [0.15, 0.2) is 5.82 Å². The van der Waals surface area contributed by atoms with E-state index in [0.717, 1.165) is 28.8 Å². The van der Waals surface area contributed by atoms with Crippen molar-refractivity contribution in [3.8, 4) is 11.4 Å². The van der Waals surface area contributed by atoms with Crippen molar-refractivity contribution in [1.29, 1.82) is 0 Å². The number of carbonyl (C=O) groups is 1. The smallest absolute Gasteiger partial charge is 0.274 e. The van der Waals surface area contributed by atoms with Gasteiger partial charge in [-0.3, -0.25) is 10.0 Å². The molecule has 2 aromatic carbocycles. The summed E-state index contributed by atoms with van der Waals surface area (Å²) in [7, 11) is 0. The van der Waals surface area contributed by atoms with Crippen LogP contribution in [0.4, 0.5) is 5.82 Å². The van der Waals surface area contributed by atoms with Crippen molar-refractivity contribution in [1.82, 2.24) is 15.4 Å². The Bertz CT molecular complexity index is 1030. The van der Waals surface area contributed by atoms with Crippen LogP contribution in [0.5, 0.6) is 0 Å². The molecule has 0 spiro atoms. The lowest BCUT2D eigenvalue weighted by atomic mass is 10.1. The van der Waals surface area contributed by atoms with Crippen molar-refractivity contribution in [3.63, 3.8) is 0 Å². The number of morpholine rings is 1. The quantitative estimate of drug-likeness (QED) is 0.520. The number of benzene rings is 2. The van der Waals surface area contributed by atoms with Crippen LogP contribution in [0.25, 0.3) is 22.3 Å². The fraction of sp³-hybridized carbons (Fsp3) is 0.250. The summed E-state index contributed by atoms with van der Waals surface area (Å²) >= 11 is 6.19. The molecule has 28 heavy (non-hydrogen) atoms. The molecule has 1 aliphatic heterocycles. The molecule has 0 aliphatic carbocycles. The Hall–Kier alpha value is -2.74. The molecule has 7 nitrogen and oxygen atoms in total. The molecule has 1 aromatic heterocycles. The predicted molar refractivity (Wildman–Crippen MR) is 107 cm³/mol. The highest BCUT2D eigenvalue weighted by Crippen LogP contribution is 2.31. The van der Waals surface area contributed by atoms with Crippen LogP contribution in [0, 0.1) is 0 Å². The molecular formula is C20H19ClN4O3. The van der Waals surface area contributed by atoms with Crippen molar-refractivity contribution < 1.29 is 14.7 Å². The molecule has 0 saturated carbocycles. The van der Waals surface area contributed by atoms with Crippen LogP contribution >= 0.6 is 11.6 Å². The third kappa shape index (κ3) is 3.52. The van der Waals surface area contributed by atoms with Gasteiger partial charge in [-0.2, -0.15) is 0 Å². The van der Waals surface area contributed by atoms with Crippen molar-refractivity contribution in [2.24, 2.45) is 0 Å². The van der Waals surface area contributed by atoms with E-state index in [-0.39, 0.29) is 6.04 Å². The van der Waals surface area contributed by atoms with Gasteiger partial charge in [-0.1, -0.05) is 23.7 Å². The molecule has 2 N–H and O–H groups in total. The molecule has 1 aliphatic rings. The van der Waals surface area contributed by atoms with Crippen LogP contribution in [0.2, 0.25) is 5.02 Å². The zero-order chi connectivity index (χ0) is 19.7. The lowest BCUT2D eigenvalue weighted by Gasteiger charge is -2.35. The Morgan fingerprint density at radius 2 is 2.04 bits per heavy atom. The van der Waals surface area contributed by atoms with Gasteiger partial charge in [-0.15, -0.1) is 0 Å². The maximum absolute atomic E-state index is 11.5. The number of anilines is 1. The van der Waals surface area contributed by atoms with Gasteiger partial charge in [0.2, 0.25) is 0 Å². The summed E-state index contributed by atoms with van der Waals surface area (Å²) < 4.78 is 5.56. The van der Waals surface area contributed by atoms with Crippen LogP contribution in [0.15, 0.2) is 42.5 Å². The number of fused-ring (bicyclic) bond motifs is 1. The summed E-state index contributed by atoms with van der Waals surface area (Å²) in [5.41, 5.74) is 3.48. The van der Waals surface area contributed by atoms with Gasteiger partial charge in [0.05, 0.1) is 24.8 Å². The predicted octanol–water partition coefficient (Wildman–Crippen LogP) is 3.29. The highest BCUT2D eigenvalue weighted by molar-refractivity contribution is 6.31. The second kappa shape index (κ2) is 7.71. The van der Waals surface area contributed by atoms with E-state index in [4.69, 9.17) is 26.5 Å². The molecule has 144 valence electrons. The summed E-state index contributed by atoms with van der Waals surface area (Å²) in [4.78, 5) is 23.3. The van der Waals surface area contributed by atoms with E-state index in [1.807, 2.05) is 18.2 Å². The summed E-state index contributed by atoms with van der Waals surface area (Å²) in [5.74, 6) is 0.810. The van der Waals surface area contributed by atoms with E-state index < -0.39 is 5.91 Å². The van der Waals surface area contributed by atoms with Crippen LogP contribution in [0.3, 0.4) is 0 Å². The lowest BCUT2D eigenvalue weighted by molar-refractivity contribution is 0.0706. The topological polar surface area (TPSA) is 87.6 Å². The number of amides is 1. The summed E-state index contributed by atoms with van der Waals surface area (Å²) in [5, 5.41) is 10.3. The highest BCUT2D eigenvalue weighted by atomic mass is 35.5. The molecule has 4 rings (SSSR count). The molecule has 3 aromatic rings. The van der Waals surface area contributed by atoms with Crippen molar-refractivity contribution in [2.75, 3.05) is 24.7 Å². The van der Waals surface area contributed by atoms with Gasteiger partial charge < -0.3 is 9.64 Å². The number of ether oxygens (including phenoxy) is 1. The van der Waals surface area contributed by atoms with E-state index in [9.17, 15) is 4.79 Å². The van der Waals surface area contributed by atoms with Gasteiger partial charge in [0.1, 0.15) is 5.82 Å². The molecule has 1 amide bonds. The highest BCUT2D eigenvalue weighted by Gasteiger charge is 2.23. The number of carbonyl (C=O) groups excluding carboxylic acids is 1. The first-order chi connectivity index (χ1) is 13.6. The van der Waals surface area contributed by atoms with Gasteiger partial charge in [-0.25, -0.2) is 15.4 Å². The fourth-order valence-corrected chi connectivity index (χ4v) is 3.48. The number of aromatic nitrogens is 2. The summed E-state index contributed by atoms with van der Waals surface area (Å²) in [6.45, 7) is 4.12. The van der Waals surface area contributed by atoms with E-state index in [2.05, 4.69) is 16.8 Å². The average Bonchev–Trinajstić information content (AvgIpc) is 2.72. The second-order valence-corrected chi connectivity index (χ2v) is 7.10. The standard InChI is InChI=1S/C20H19ClN4O3/c1-12-11-28-9-8-25(12)19-16-7-6-15(21)10-17(16)22-18(23-19)13-2-4-14(5-3-13)20(26)24-27/h2-7,10,12,27H,8-9,11H2,1H3,(H,24,26)/t12-/m1/s1. The minimum absolute atomic E-state index is 0.186. The third-order valence-corrected chi connectivity index (χ3v) is 5.02. The largest absolute Gasteiger partial charge is 0.377 e. The van der Waals surface area contributed by atoms with Gasteiger partial charge in [-0.05, 0) is 37.3 Å². The van der Waals surface area contributed by atoms with E-state index >= 15 is 0 Å². The normalized spacial score (nSPS) is 17.0. The number of rotatable bonds is 3. The first-order valence-electron chi connectivity index (χ1n) is 8.93. The first kappa shape index (κ1) is 18.6. The number of hydrogen-bond acceptors (Lipinski definition) is 6. The van der Waals surface area contributed by atoms with Crippen LogP contribution in [0.1, 0.15) is 17.3 Å². The second-order valence-electron chi connectivity index (χ2n) is 6.67. The molecule has 1 fully saturated rings. The molecular weight excluding hydrogens is 380 g/mol. The minimum Gasteiger partial charge on any atom is -0.377 e. The fourth-order valence-electron chi connectivity index (χ4n) is 3.31. The Kier molecular flexibility index (Phi) is 5.13. The molecule has 1 saturated heterocycles. The summed E-state index contributed by atoms with van der Waals surface area (Å²) in [6.07, 6.45) is 0. The van der Waals surface area contributed by atoms with Gasteiger partial charge >= 0.3 is 0 Å². The van der Waals surface area contributed by atoms with Crippen LogP contribution < -0.4 is 10.4 Å². The van der Waals surface area contributed by atoms with Crippen molar-refractivity contribution in [3.05, 3.63) is 53.1 Å². The van der Waals surface area contributed by atoms with E-state index in [1.165, 1.54) is 0 Å². The molecule has 2 heterocycles. The van der Waals surface area contributed by atoms with Gasteiger partial charge in [0.25, 0.3) is 5.91 Å². The molecule has 8 heteroatoms. The Labute approximate surface area is 166 Å². The van der Waals surface area contributed by atoms with Gasteiger partial charge in [0, 0.05) is 28.1 Å². The molecule has 0 unspecified atom stereocenters. The monoisotopic (exact) mass is 398 g/mol. The van der Waals surface area contributed by atoms with Crippen molar-refractivity contribution >= 4 is 34.2 Å². The zero-order valence-corrected chi connectivity index (χ0v) is 16.0. The maximum atomic E-state index is 11.5. The molecule has 1 atom stereocenters. The van der Waals surface area contributed by atoms with Crippen LogP contribution in [-0.4, -0.2) is 46.9 Å². The van der Waals surface area contributed by atoms with Crippen molar-refractivity contribution in [2.45, 2.75) is 13.0 Å². The SMILES string of the molecule is C[C@@H]1COCCN1c1nc(-c2ccc(C(=O)NO)cc2)nc2cc(Cl)ccc12. The molecule has 0 bridgehead atoms. The number of hydrogen-bond donors (Lipinski definition) is 2. The summed E-state index contributed by atoms with van der Waals surface area (Å²) in [6, 6.07) is 12.5. The first-order valence-corrected chi connectivity index (χ1v) is 9.31. The number of halogens is 1. The number of nitrogens with one attached hydrogen (secondary N) is 1. The maximum Gasteiger partial charge on any atom is 0.274 e. The zero-order valence-electron chi connectivity index (χ0n) is 15.2. The Morgan fingerprint density at radius 3 is 2.75 bits per heavy atom. The third-order valence-electron chi connectivity index (χ3n) is 4.79. The Balaban J connectivity index is 1.83. The number of nitrogens with zero attached hydrogens (tertiary/aromatic N) is 3. The Morgan fingerprint density at radius 1 is 1.25 bits per heavy atom. The van der Waals surface area contributed by atoms with E-state index in [0.29, 0.717) is 29.6 Å². The molecule has 0 radical (unpaired) electrons. The minimum atomic E-state index is -0.569.